The molecule has 8 heteroatoms. The Morgan fingerprint density at radius 2 is 1.78 bits per heavy atom. The second kappa shape index (κ2) is 12.1. The lowest BCUT2D eigenvalue weighted by molar-refractivity contribution is -0.120. The van der Waals surface area contributed by atoms with Gasteiger partial charge in [0.25, 0.3) is 0 Å². The number of nitrogens with zero attached hydrogens (tertiary/aromatic N) is 6. The fraction of sp³-hybridized carbons (Fsp3) is 0.379. The summed E-state index contributed by atoms with van der Waals surface area (Å²) >= 11 is 0. The third kappa shape index (κ3) is 6.98. The van der Waals surface area contributed by atoms with Crippen molar-refractivity contribution in [3.05, 3.63) is 66.1 Å². The quantitative estimate of drug-likeness (QED) is 0.516. The molecule has 3 aromatic rings. The predicted molar refractivity (Wildman–Crippen MR) is 145 cm³/mol. The van der Waals surface area contributed by atoms with Crippen LogP contribution in [0.15, 0.2) is 54.9 Å². The Labute approximate surface area is 218 Å². The van der Waals surface area contributed by atoms with E-state index in [4.69, 9.17) is 11.4 Å². The van der Waals surface area contributed by atoms with Gasteiger partial charge in [-0.25, -0.2) is 9.97 Å². The second-order valence-corrected chi connectivity index (χ2v) is 9.74. The molecule has 2 aromatic heterocycles. The highest BCUT2D eigenvalue weighted by atomic mass is 16.1. The third-order valence-corrected chi connectivity index (χ3v) is 6.86. The summed E-state index contributed by atoms with van der Waals surface area (Å²) in [4.78, 5) is 33.4. The van der Waals surface area contributed by atoms with Crippen molar-refractivity contribution < 1.29 is 4.79 Å². The lowest BCUT2D eigenvalue weighted by Gasteiger charge is -2.34. The molecule has 37 heavy (non-hydrogen) atoms. The molecule has 1 aromatic carbocycles. The Kier molecular flexibility index (Phi) is 8.16. The minimum absolute atomic E-state index is 0.302. The Hall–Kier alpha value is -3.64. The fourth-order valence-corrected chi connectivity index (χ4v) is 4.89. The summed E-state index contributed by atoms with van der Waals surface area (Å²) in [6, 6.07) is 14.3. The molecule has 5 aliphatic heterocycles. The van der Waals surface area contributed by atoms with Gasteiger partial charge in [0.15, 0.2) is 0 Å². The normalized spacial score (nSPS) is 21.2. The lowest BCUT2D eigenvalue weighted by atomic mass is 10.1. The standard InChI is InChI=1S/C29H33N7O/c1-2-12-34-13-4-7-27(37)22-36-16-14-35(15-17-36)20-23-5-3-6-25(18-23)32-29-30-11-10-28(33-29)24-8-9-26(21-34)31-19-24/h1,3,5-6,8-11,18-19H,4,7,12-17,20-22H2,(H,30,32,33). The summed E-state index contributed by atoms with van der Waals surface area (Å²) in [5.41, 5.74) is 4.86. The highest BCUT2D eigenvalue weighted by Gasteiger charge is 2.19. The maximum absolute atomic E-state index is 12.7. The minimum Gasteiger partial charge on any atom is -0.324 e. The Morgan fingerprint density at radius 3 is 2.57 bits per heavy atom. The van der Waals surface area contributed by atoms with Crippen molar-refractivity contribution in [3.8, 4) is 23.6 Å². The van der Waals surface area contributed by atoms with Crippen LogP contribution in [0.1, 0.15) is 24.1 Å². The molecule has 0 atom stereocenters. The van der Waals surface area contributed by atoms with Crippen molar-refractivity contribution in [1.29, 1.82) is 0 Å². The Bertz CT molecular complexity index is 1250. The van der Waals surface area contributed by atoms with E-state index in [1.807, 2.05) is 30.5 Å². The van der Waals surface area contributed by atoms with Crippen molar-refractivity contribution in [3.63, 3.8) is 0 Å². The maximum atomic E-state index is 12.7. The number of piperazine rings is 1. The first-order chi connectivity index (χ1) is 18.1. The minimum atomic E-state index is 0.302. The van der Waals surface area contributed by atoms with Crippen molar-refractivity contribution >= 4 is 17.4 Å². The molecule has 0 radical (unpaired) electrons. The predicted octanol–water partition coefficient (Wildman–Crippen LogP) is 3.20. The highest BCUT2D eigenvalue weighted by Crippen LogP contribution is 2.21. The van der Waals surface area contributed by atoms with E-state index in [2.05, 4.69) is 54.1 Å². The van der Waals surface area contributed by atoms with Crippen LogP contribution in [0.3, 0.4) is 0 Å². The number of terminal acetylenes is 1. The SMILES string of the molecule is C#CCN1CCCC(=O)CN2CCN(CC2)Cc2cccc(c2)Nc2nccc(n2)-c2ccc(nc2)C1. The van der Waals surface area contributed by atoms with Crippen LogP contribution in [-0.2, 0) is 17.9 Å². The van der Waals surface area contributed by atoms with Crippen LogP contribution < -0.4 is 5.32 Å². The molecule has 0 unspecified atom stereocenters. The maximum Gasteiger partial charge on any atom is 0.227 e. The Morgan fingerprint density at radius 1 is 0.946 bits per heavy atom. The van der Waals surface area contributed by atoms with Crippen LogP contribution in [0, 0.1) is 12.3 Å². The third-order valence-electron chi connectivity index (χ3n) is 6.86. The van der Waals surface area contributed by atoms with E-state index in [-0.39, 0.29) is 0 Å². The second-order valence-electron chi connectivity index (χ2n) is 9.74. The first-order valence-corrected chi connectivity index (χ1v) is 12.9. The molecule has 0 aliphatic carbocycles. The molecule has 0 saturated carbocycles. The number of aromatic nitrogens is 3. The first-order valence-electron chi connectivity index (χ1n) is 12.9. The van der Waals surface area contributed by atoms with E-state index in [9.17, 15) is 4.79 Å². The smallest absolute Gasteiger partial charge is 0.227 e. The van der Waals surface area contributed by atoms with Gasteiger partial charge >= 0.3 is 0 Å². The summed E-state index contributed by atoms with van der Waals surface area (Å²) in [5.74, 6) is 3.59. The molecule has 1 fully saturated rings. The van der Waals surface area contributed by atoms with E-state index in [0.717, 1.165) is 68.3 Å². The lowest BCUT2D eigenvalue weighted by Crippen LogP contribution is -2.47. The number of ketones is 1. The number of anilines is 2. The molecule has 190 valence electrons. The molecule has 1 saturated heterocycles. The van der Waals surface area contributed by atoms with E-state index >= 15 is 0 Å². The number of pyridine rings is 1. The van der Waals surface area contributed by atoms with Crippen LogP contribution in [0.4, 0.5) is 11.6 Å². The van der Waals surface area contributed by atoms with Crippen molar-refractivity contribution in [1.82, 2.24) is 29.7 Å². The number of hydrogen-bond donors (Lipinski definition) is 1. The highest BCUT2D eigenvalue weighted by molar-refractivity contribution is 5.80. The summed E-state index contributed by atoms with van der Waals surface area (Å²) in [5, 5.41) is 3.35. The van der Waals surface area contributed by atoms with E-state index in [0.29, 0.717) is 37.8 Å². The number of benzene rings is 1. The van der Waals surface area contributed by atoms with E-state index in [1.54, 1.807) is 6.20 Å². The van der Waals surface area contributed by atoms with Crippen molar-refractivity contribution in [2.24, 2.45) is 0 Å². The van der Waals surface area contributed by atoms with Gasteiger partial charge < -0.3 is 5.32 Å². The van der Waals surface area contributed by atoms with Crippen LogP contribution in [0.2, 0.25) is 0 Å². The van der Waals surface area contributed by atoms with E-state index < -0.39 is 0 Å². The summed E-state index contributed by atoms with van der Waals surface area (Å²) in [6.07, 6.45) is 10.6. The summed E-state index contributed by atoms with van der Waals surface area (Å²) < 4.78 is 0. The number of nitrogens with one attached hydrogen (secondary N) is 1. The zero-order valence-electron chi connectivity index (χ0n) is 21.1. The molecule has 8 rings (SSSR count). The molecule has 0 spiro atoms. The number of rotatable bonds is 1. The van der Waals surface area contributed by atoms with Gasteiger partial charge in [0.2, 0.25) is 5.95 Å². The molecule has 8 bridgehead atoms. The zero-order chi connectivity index (χ0) is 25.5. The van der Waals surface area contributed by atoms with Crippen LogP contribution in [0.5, 0.6) is 0 Å². The molecule has 8 nitrogen and oxygen atoms in total. The average molecular weight is 496 g/mol. The molecule has 5 aliphatic rings. The van der Waals surface area contributed by atoms with Crippen LogP contribution in [-0.4, -0.2) is 81.2 Å². The monoisotopic (exact) mass is 495 g/mol. The molecule has 1 N–H and O–H groups in total. The summed E-state index contributed by atoms with van der Waals surface area (Å²) in [6.45, 7) is 7.09. The van der Waals surface area contributed by atoms with Gasteiger partial charge in [0.1, 0.15) is 5.78 Å². The first kappa shape index (κ1) is 25.0. The van der Waals surface area contributed by atoms with Gasteiger partial charge in [-0.3, -0.25) is 24.5 Å². The topological polar surface area (TPSA) is 77.5 Å². The van der Waals surface area contributed by atoms with E-state index in [1.165, 1.54) is 5.56 Å². The molecular formula is C29H33N7O. The number of hydrogen-bond acceptors (Lipinski definition) is 8. The number of carbonyl (C=O) groups is 1. The van der Waals surface area contributed by atoms with Crippen molar-refractivity contribution in [2.45, 2.75) is 25.9 Å². The largest absolute Gasteiger partial charge is 0.324 e. The van der Waals surface area contributed by atoms with Gasteiger partial charge in [0.05, 0.1) is 24.5 Å². The fourth-order valence-electron chi connectivity index (χ4n) is 4.89. The van der Waals surface area contributed by atoms with Gasteiger partial charge in [-0.15, -0.1) is 6.42 Å². The van der Waals surface area contributed by atoms with Gasteiger partial charge in [-0.2, -0.15) is 0 Å². The van der Waals surface area contributed by atoms with Gasteiger partial charge in [-0.1, -0.05) is 18.1 Å². The number of carbonyl (C=O) groups excluding carboxylic acids is 1. The van der Waals surface area contributed by atoms with Crippen LogP contribution in [0.25, 0.3) is 11.3 Å². The number of Topliss-reactive ketones (excluding diaryl/α,β-unsaturated/α-hetero) is 1. The molecule has 7 heterocycles. The van der Waals surface area contributed by atoms with Crippen molar-refractivity contribution in [2.75, 3.05) is 51.1 Å². The molecular weight excluding hydrogens is 462 g/mol. The van der Waals surface area contributed by atoms with Crippen LogP contribution >= 0.6 is 0 Å². The van der Waals surface area contributed by atoms with Gasteiger partial charge in [0, 0.05) is 69.3 Å². The Balaban J connectivity index is 1.38. The zero-order valence-corrected chi connectivity index (χ0v) is 21.1. The van der Waals surface area contributed by atoms with Gasteiger partial charge in [-0.05, 0) is 48.9 Å². The molecule has 0 amide bonds. The average Bonchev–Trinajstić information content (AvgIpc) is 2.90. The summed E-state index contributed by atoms with van der Waals surface area (Å²) in [7, 11) is 0.